The smallest absolute Gasteiger partial charge is 0.0309 e. The summed E-state index contributed by atoms with van der Waals surface area (Å²) in [6.45, 7) is 6.27. The van der Waals surface area contributed by atoms with Gasteiger partial charge in [0, 0.05) is 36.5 Å². The molecule has 2 atom stereocenters. The molecule has 0 radical (unpaired) electrons. The predicted octanol–water partition coefficient (Wildman–Crippen LogP) is 3.66. The molecule has 20 heavy (non-hydrogen) atoms. The fourth-order valence-corrected chi connectivity index (χ4v) is 5.76. The molecule has 0 amide bonds. The summed E-state index contributed by atoms with van der Waals surface area (Å²) in [4.78, 5) is 2.87. The Morgan fingerprint density at radius 2 is 2.00 bits per heavy atom. The number of piperazine rings is 1. The number of hydrogen-bond acceptors (Lipinski definition) is 3. The molecule has 1 aliphatic carbocycles. The van der Waals surface area contributed by atoms with Gasteiger partial charge in [-0.2, -0.15) is 11.8 Å². The van der Waals surface area contributed by atoms with Gasteiger partial charge in [-0.1, -0.05) is 32.6 Å². The van der Waals surface area contributed by atoms with E-state index in [1.165, 1.54) is 83.2 Å². The molecule has 2 aliphatic heterocycles. The molecule has 0 aromatic carbocycles. The van der Waals surface area contributed by atoms with Gasteiger partial charge in [0.1, 0.15) is 0 Å². The first-order valence-corrected chi connectivity index (χ1v) is 9.97. The molecule has 3 heteroatoms. The van der Waals surface area contributed by atoms with Crippen molar-refractivity contribution in [3.63, 3.8) is 0 Å². The Morgan fingerprint density at radius 3 is 2.70 bits per heavy atom. The molecule has 2 heterocycles. The maximum Gasteiger partial charge on any atom is 0.0309 e. The zero-order chi connectivity index (χ0) is 13.8. The quantitative estimate of drug-likeness (QED) is 0.855. The van der Waals surface area contributed by atoms with Gasteiger partial charge in [0.05, 0.1) is 0 Å². The van der Waals surface area contributed by atoms with Gasteiger partial charge in [-0.3, -0.25) is 4.90 Å². The van der Waals surface area contributed by atoms with Crippen LogP contribution in [0.3, 0.4) is 0 Å². The second-order valence-electron chi connectivity index (χ2n) is 7.20. The minimum absolute atomic E-state index is 0.475. The van der Waals surface area contributed by atoms with E-state index in [2.05, 4.69) is 28.9 Å². The SMILES string of the molecule is CCC1CNC2(CCCCC2)CN1CC1CCCCS1. The molecule has 0 aromatic rings. The van der Waals surface area contributed by atoms with Crippen molar-refractivity contribution in [2.75, 3.05) is 25.4 Å². The van der Waals surface area contributed by atoms with Gasteiger partial charge in [0.15, 0.2) is 0 Å². The lowest BCUT2D eigenvalue weighted by atomic mass is 9.79. The summed E-state index contributed by atoms with van der Waals surface area (Å²) in [5.41, 5.74) is 0.475. The zero-order valence-corrected chi connectivity index (χ0v) is 14.0. The number of rotatable bonds is 3. The lowest BCUT2D eigenvalue weighted by molar-refractivity contribution is 0.0538. The predicted molar refractivity (Wildman–Crippen MR) is 89.6 cm³/mol. The highest BCUT2D eigenvalue weighted by Gasteiger charge is 2.39. The van der Waals surface area contributed by atoms with E-state index in [4.69, 9.17) is 0 Å². The summed E-state index contributed by atoms with van der Waals surface area (Å²) >= 11 is 2.24. The molecule has 3 rings (SSSR count). The largest absolute Gasteiger partial charge is 0.308 e. The van der Waals surface area contributed by atoms with Crippen LogP contribution < -0.4 is 5.32 Å². The molecule has 3 fully saturated rings. The number of nitrogens with zero attached hydrogens (tertiary/aromatic N) is 1. The Bertz CT molecular complexity index is 295. The van der Waals surface area contributed by atoms with Gasteiger partial charge in [-0.15, -0.1) is 0 Å². The van der Waals surface area contributed by atoms with Crippen molar-refractivity contribution in [1.29, 1.82) is 0 Å². The van der Waals surface area contributed by atoms with Crippen LogP contribution in [-0.4, -0.2) is 47.1 Å². The molecule has 2 nitrogen and oxygen atoms in total. The van der Waals surface area contributed by atoms with E-state index in [1.807, 2.05) is 0 Å². The van der Waals surface area contributed by atoms with E-state index >= 15 is 0 Å². The van der Waals surface area contributed by atoms with Crippen molar-refractivity contribution in [1.82, 2.24) is 10.2 Å². The monoisotopic (exact) mass is 296 g/mol. The Morgan fingerprint density at radius 1 is 1.15 bits per heavy atom. The summed E-state index contributed by atoms with van der Waals surface area (Å²) in [6, 6.07) is 0.782. The van der Waals surface area contributed by atoms with Crippen LogP contribution in [0.4, 0.5) is 0 Å². The van der Waals surface area contributed by atoms with Crippen molar-refractivity contribution in [3.8, 4) is 0 Å². The Labute approximate surface area is 129 Å². The second-order valence-corrected chi connectivity index (χ2v) is 8.61. The Kier molecular flexibility index (Phi) is 5.33. The average Bonchev–Trinajstić information content (AvgIpc) is 2.49. The van der Waals surface area contributed by atoms with Gasteiger partial charge in [0.2, 0.25) is 0 Å². The standard InChI is InChI=1S/C17H32N2S/c1-2-15-12-18-17(9-5-3-6-10-17)14-19(15)13-16-8-4-7-11-20-16/h15-16,18H,2-14H2,1H3. The van der Waals surface area contributed by atoms with Crippen LogP contribution in [0.25, 0.3) is 0 Å². The maximum atomic E-state index is 3.95. The summed E-state index contributed by atoms with van der Waals surface area (Å²) in [5, 5.41) is 4.87. The van der Waals surface area contributed by atoms with Gasteiger partial charge >= 0.3 is 0 Å². The third kappa shape index (κ3) is 3.53. The molecular formula is C17H32N2S. The first-order chi connectivity index (χ1) is 9.81. The number of thioether (sulfide) groups is 1. The highest BCUT2D eigenvalue weighted by molar-refractivity contribution is 7.99. The summed E-state index contributed by atoms with van der Waals surface area (Å²) in [7, 11) is 0. The fraction of sp³-hybridized carbons (Fsp3) is 1.00. The summed E-state index contributed by atoms with van der Waals surface area (Å²) in [6.07, 6.45) is 12.8. The van der Waals surface area contributed by atoms with Crippen LogP contribution in [-0.2, 0) is 0 Å². The van der Waals surface area contributed by atoms with Crippen molar-refractivity contribution in [3.05, 3.63) is 0 Å². The van der Waals surface area contributed by atoms with Gasteiger partial charge < -0.3 is 5.32 Å². The van der Waals surface area contributed by atoms with Gasteiger partial charge in [0.25, 0.3) is 0 Å². The minimum Gasteiger partial charge on any atom is -0.308 e. The minimum atomic E-state index is 0.475. The number of hydrogen-bond donors (Lipinski definition) is 1. The molecule has 0 aromatic heterocycles. The second kappa shape index (κ2) is 7.02. The van der Waals surface area contributed by atoms with E-state index in [0.717, 1.165) is 11.3 Å². The topological polar surface area (TPSA) is 15.3 Å². The van der Waals surface area contributed by atoms with E-state index in [9.17, 15) is 0 Å². The van der Waals surface area contributed by atoms with Gasteiger partial charge in [-0.25, -0.2) is 0 Å². The fourth-order valence-electron chi connectivity index (χ4n) is 4.43. The van der Waals surface area contributed by atoms with E-state index in [0.29, 0.717) is 5.54 Å². The van der Waals surface area contributed by atoms with Crippen LogP contribution >= 0.6 is 11.8 Å². The molecule has 2 unspecified atom stereocenters. The third-order valence-electron chi connectivity index (χ3n) is 5.73. The van der Waals surface area contributed by atoms with Crippen LogP contribution in [0.5, 0.6) is 0 Å². The highest BCUT2D eigenvalue weighted by Crippen LogP contribution is 2.34. The van der Waals surface area contributed by atoms with Crippen LogP contribution in [0.1, 0.15) is 64.7 Å². The molecular weight excluding hydrogens is 264 g/mol. The van der Waals surface area contributed by atoms with Gasteiger partial charge in [-0.05, 0) is 37.9 Å². The first kappa shape index (κ1) is 15.2. The summed E-state index contributed by atoms with van der Waals surface area (Å²) < 4.78 is 0. The molecule has 1 N–H and O–H groups in total. The van der Waals surface area contributed by atoms with Crippen LogP contribution in [0, 0.1) is 0 Å². The van der Waals surface area contributed by atoms with Crippen molar-refractivity contribution in [2.45, 2.75) is 81.5 Å². The van der Waals surface area contributed by atoms with E-state index in [-0.39, 0.29) is 0 Å². The first-order valence-electron chi connectivity index (χ1n) is 8.92. The van der Waals surface area contributed by atoms with Crippen molar-refractivity contribution < 1.29 is 0 Å². The van der Waals surface area contributed by atoms with Crippen LogP contribution in [0.15, 0.2) is 0 Å². The van der Waals surface area contributed by atoms with Crippen molar-refractivity contribution in [2.24, 2.45) is 0 Å². The molecule has 1 spiro atoms. The average molecular weight is 297 g/mol. The lowest BCUT2D eigenvalue weighted by Crippen LogP contribution is -2.65. The summed E-state index contributed by atoms with van der Waals surface area (Å²) in [5.74, 6) is 1.40. The maximum absolute atomic E-state index is 3.95. The highest BCUT2D eigenvalue weighted by atomic mass is 32.2. The molecule has 3 aliphatic rings. The molecule has 0 bridgehead atoms. The van der Waals surface area contributed by atoms with E-state index in [1.54, 1.807) is 0 Å². The van der Waals surface area contributed by atoms with Crippen molar-refractivity contribution >= 4 is 11.8 Å². The third-order valence-corrected chi connectivity index (χ3v) is 7.11. The Balaban J connectivity index is 1.61. The molecule has 2 saturated heterocycles. The molecule has 116 valence electrons. The normalized spacial score (nSPS) is 35.2. The molecule has 1 saturated carbocycles. The van der Waals surface area contributed by atoms with E-state index < -0.39 is 0 Å². The zero-order valence-electron chi connectivity index (χ0n) is 13.2. The van der Waals surface area contributed by atoms with Crippen LogP contribution in [0.2, 0.25) is 0 Å². The lowest BCUT2D eigenvalue weighted by Gasteiger charge is -2.50. The Hall–Kier alpha value is 0.270. The number of nitrogens with one attached hydrogen (secondary N) is 1.